The van der Waals surface area contributed by atoms with Crippen molar-refractivity contribution in [3.8, 4) is 23.0 Å². The number of esters is 2. The number of hydrogen-bond donors (Lipinski definition) is 0. The molecule has 2 saturated heterocycles. The van der Waals surface area contributed by atoms with Gasteiger partial charge in [-0.25, -0.2) is 19.2 Å². The van der Waals surface area contributed by atoms with E-state index >= 15 is 0 Å². The van der Waals surface area contributed by atoms with E-state index in [1.165, 1.54) is 48.0 Å². The standard InChI is InChI=1S/C30H34N4O10/c1-7-43-25(35)29-30(26(36)44-8-2)33-15-19-20(22(40-4)10-9-21(19)39-3)16-34(30)28(38)32(29)14-18-12-24(42-6)23(41-5)11-17(18)13-31(29)27(33)37/h9-12H,7-8,13-16H2,1-6H3. The number of fused-ring (bicyclic) bond motifs is 2. The Labute approximate surface area is 253 Å². The van der Waals surface area contributed by atoms with E-state index in [2.05, 4.69) is 0 Å². The summed E-state index contributed by atoms with van der Waals surface area (Å²) < 4.78 is 33.6. The summed E-state index contributed by atoms with van der Waals surface area (Å²) in [4.78, 5) is 63.5. The van der Waals surface area contributed by atoms with Crippen LogP contribution in [0.25, 0.3) is 0 Å². The van der Waals surface area contributed by atoms with Gasteiger partial charge in [0.25, 0.3) is 11.3 Å². The second-order valence-electron chi connectivity index (χ2n) is 10.6. The number of amides is 4. The minimum absolute atomic E-state index is 0.0694. The van der Waals surface area contributed by atoms with Crippen LogP contribution in [0, 0.1) is 0 Å². The molecule has 2 fully saturated rings. The van der Waals surface area contributed by atoms with Gasteiger partial charge in [0.1, 0.15) is 11.5 Å². The van der Waals surface area contributed by atoms with Crippen LogP contribution in [0.1, 0.15) is 36.1 Å². The number of nitrogens with zero attached hydrogens (tertiary/aromatic N) is 4. The molecule has 14 nitrogen and oxygen atoms in total. The van der Waals surface area contributed by atoms with Crippen molar-refractivity contribution in [1.82, 2.24) is 19.6 Å². The Bertz CT molecular complexity index is 1490. The van der Waals surface area contributed by atoms with Gasteiger partial charge in [0.15, 0.2) is 11.5 Å². The Morgan fingerprint density at radius 3 is 1.27 bits per heavy atom. The highest BCUT2D eigenvalue weighted by Gasteiger charge is 2.87. The first-order valence-corrected chi connectivity index (χ1v) is 14.2. The maximum Gasteiger partial charge on any atom is 0.358 e. The molecular weight excluding hydrogens is 576 g/mol. The molecular formula is C30H34N4O10. The molecule has 0 aliphatic carbocycles. The molecule has 0 radical (unpaired) electrons. The Morgan fingerprint density at radius 1 is 0.614 bits per heavy atom. The molecule has 14 heteroatoms. The average molecular weight is 611 g/mol. The molecule has 0 aromatic heterocycles. The van der Waals surface area contributed by atoms with Crippen LogP contribution in [-0.2, 0) is 45.2 Å². The zero-order valence-corrected chi connectivity index (χ0v) is 25.4. The molecule has 4 aliphatic heterocycles. The van der Waals surface area contributed by atoms with Crippen molar-refractivity contribution in [2.24, 2.45) is 0 Å². The molecule has 0 spiro atoms. The molecule has 0 N–H and O–H groups in total. The van der Waals surface area contributed by atoms with Gasteiger partial charge in [-0.1, -0.05) is 0 Å². The lowest BCUT2D eigenvalue weighted by Crippen LogP contribution is -2.75. The number of benzene rings is 2. The van der Waals surface area contributed by atoms with E-state index in [9.17, 15) is 19.2 Å². The quantitative estimate of drug-likeness (QED) is 0.410. The lowest BCUT2D eigenvalue weighted by molar-refractivity contribution is -0.191. The molecule has 0 atom stereocenters. The normalized spacial score (nSPS) is 22.9. The molecule has 234 valence electrons. The first-order chi connectivity index (χ1) is 21.2. The number of urea groups is 2. The minimum Gasteiger partial charge on any atom is -0.496 e. The van der Waals surface area contributed by atoms with E-state index in [4.69, 9.17) is 28.4 Å². The molecule has 44 heavy (non-hydrogen) atoms. The third-order valence-corrected chi connectivity index (χ3v) is 8.87. The fourth-order valence-electron chi connectivity index (χ4n) is 7.10. The predicted molar refractivity (Wildman–Crippen MR) is 151 cm³/mol. The van der Waals surface area contributed by atoms with E-state index in [1.807, 2.05) is 0 Å². The summed E-state index contributed by atoms with van der Waals surface area (Å²) in [6, 6.07) is 5.44. The fraction of sp³-hybridized carbons (Fsp3) is 0.467. The third-order valence-electron chi connectivity index (χ3n) is 8.87. The maximum absolute atomic E-state index is 14.8. The van der Waals surface area contributed by atoms with Crippen LogP contribution in [0.3, 0.4) is 0 Å². The minimum atomic E-state index is -2.27. The Hall–Kier alpha value is -4.88. The van der Waals surface area contributed by atoms with Crippen LogP contribution in [0.15, 0.2) is 24.3 Å². The number of methoxy groups -OCH3 is 4. The molecule has 4 aliphatic rings. The second-order valence-corrected chi connectivity index (χ2v) is 10.6. The zero-order chi connectivity index (χ0) is 31.6. The van der Waals surface area contributed by atoms with Crippen molar-refractivity contribution in [3.05, 3.63) is 46.5 Å². The molecule has 4 heterocycles. The smallest absolute Gasteiger partial charge is 0.358 e. The zero-order valence-electron chi connectivity index (χ0n) is 25.4. The summed E-state index contributed by atoms with van der Waals surface area (Å²) in [7, 11) is 5.95. The van der Waals surface area contributed by atoms with Crippen LogP contribution in [0.4, 0.5) is 9.59 Å². The summed E-state index contributed by atoms with van der Waals surface area (Å²) in [5, 5.41) is 0. The average Bonchev–Trinajstić information content (AvgIpc) is 3.19. The Kier molecular flexibility index (Phi) is 6.89. The highest BCUT2D eigenvalue weighted by molar-refractivity contribution is 6.10. The van der Waals surface area contributed by atoms with Gasteiger partial charge in [-0.2, -0.15) is 0 Å². The molecule has 0 unspecified atom stereocenters. The molecule has 0 saturated carbocycles. The van der Waals surface area contributed by atoms with Gasteiger partial charge in [-0.15, -0.1) is 0 Å². The number of hydrogen-bond acceptors (Lipinski definition) is 10. The van der Waals surface area contributed by atoms with E-state index < -0.39 is 35.3 Å². The van der Waals surface area contributed by atoms with Crippen LogP contribution >= 0.6 is 0 Å². The monoisotopic (exact) mass is 610 g/mol. The van der Waals surface area contributed by atoms with Crippen molar-refractivity contribution < 1.29 is 47.6 Å². The number of carbonyl (C=O) groups is 4. The highest BCUT2D eigenvalue weighted by atomic mass is 16.6. The molecule has 4 amide bonds. The van der Waals surface area contributed by atoms with Gasteiger partial charge < -0.3 is 28.4 Å². The lowest BCUT2D eigenvalue weighted by Gasteiger charge is -2.43. The van der Waals surface area contributed by atoms with Crippen molar-refractivity contribution in [2.75, 3.05) is 41.7 Å². The summed E-state index contributed by atoms with van der Waals surface area (Å²) in [6.07, 6.45) is 0. The SMILES string of the molecule is CCOC(=O)C12N3Cc4cc(OC)c(OC)cc4CN1C(=O)N1Cc4c(OC)ccc(OC)c4CN(C3=O)C12C(=O)OCC. The molecule has 0 bridgehead atoms. The summed E-state index contributed by atoms with van der Waals surface area (Å²) in [5.41, 5.74) is -2.27. The van der Waals surface area contributed by atoms with Crippen molar-refractivity contribution in [2.45, 2.75) is 51.4 Å². The molecule has 2 aromatic carbocycles. The van der Waals surface area contributed by atoms with Gasteiger partial charge >= 0.3 is 24.0 Å². The van der Waals surface area contributed by atoms with Crippen LogP contribution in [-0.4, -0.2) is 96.6 Å². The van der Waals surface area contributed by atoms with Crippen LogP contribution < -0.4 is 18.9 Å². The van der Waals surface area contributed by atoms with Gasteiger partial charge in [0, 0.05) is 11.1 Å². The fourth-order valence-corrected chi connectivity index (χ4v) is 7.10. The van der Waals surface area contributed by atoms with E-state index in [1.54, 1.807) is 38.1 Å². The van der Waals surface area contributed by atoms with Gasteiger partial charge in [-0.3, -0.25) is 19.6 Å². The van der Waals surface area contributed by atoms with E-state index in [0.29, 0.717) is 45.3 Å². The van der Waals surface area contributed by atoms with Crippen molar-refractivity contribution >= 4 is 24.0 Å². The summed E-state index contributed by atoms with van der Waals surface area (Å²) in [5.74, 6) is -0.222. The molecule has 6 rings (SSSR count). The lowest BCUT2D eigenvalue weighted by atomic mass is 9.90. The largest absolute Gasteiger partial charge is 0.496 e. The third kappa shape index (κ3) is 3.41. The van der Waals surface area contributed by atoms with E-state index in [-0.39, 0.29) is 39.4 Å². The first kappa shape index (κ1) is 29.2. The Balaban J connectivity index is 1.70. The summed E-state index contributed by atoms with van der Waals surface area (Å²) >= 11 is 0. The Morgan fingerprint density at radius 2 is 0.955 bits per heavy atom. The van der Waals surface area contributed by atoms with Gasteiger partial charge in [-0.05, 0) is 49.2 Å². The number of rotatable bonds is 8. The van der Waals surface area contributed by atoms with Gasteiger partial charge in [0.05, 0.1) is 67.8 Å². The second kappa shape index (κ2) is 10.4. The maximum atomic E-state index is 14.8. The molecule has 2 aromatic rings. The predicted octanol–water partition coefficient (Wildman–Crippen LogP) is 2.44. The number of carbonyl (C=O) groups excluding carboxylic acids is 4. The highest BCUT2D eigenvalue weighted by Crippen LogP contribution is 2.58. The topological polar surface area (TPSA) is 137 Å². The van der Waals surface area contributed by atoms with Crippen LogP contribution in [0.5, 0.6) is 23.0 Å². The van der Waals surface area contributed by atoms with Crippen molar-refractivity contribution in [1.29, 1.82) is 0 Å². The van der Waals surface area contributed by atoms with Crippen molar-refractivity contribution in [3.63, 3.8) is 0 Å². The van der Waals surface area contributed by atoms with Gasteiger partial charge in [0.2, 0.25) is 0 Å². The van der Waals surface area contributed by atoms with E-state index in [0.717, 1.165) is 0 Å². The first-order valence-electron chi connectivity index (χ1n) is 14.2. The van der Waals surface area contributed by atoms with Crippen LogP contribution in [0.2, 0.25) is 0 Å². The summed E-state index contributed by atoms with van der Waals surface area (Å²) in [6.45, 7) is 2.41. The number of ether oxygens (including phenoxy) is 6.